The van der Waals surface area contributed by atoms with Crippen LogP contribution in [0.5, 0.6) is 0 Å². The van der Waals surface area contributed by atoms with Crippen LogP contribution < -0.4 is 0 Å². The predicted molar refractivity (Wildman–Crippen MR) is 88.2 cm³/mol. The van der Waals surface area contributed by atoms with Gasteiger partial charge in [-0.05, 0) is 43.9 Å². The summed E-state index contributed by atoms with van der Waals surface area (Å²) in [7, 11) is 0. The zero-order valence-corrected chi connectivity index (χ0v) is 14.5. The summed E-state index contributed by atoms with van der Waals surface area (Å²) in [5.74, 6) is 1.37. The van der Waals surface area contributed by atoms with Crippen LogP contribution in [0, 0.1) is 17.8 Å². The first-order valence-electron chi connectivity index (χ1n) is 9.65. The summed E-state index contributed by atoms with van der Waals surface area (Å²) in [5.41, 5.74) is 0. The maximum Gasteiger partial charge on any atom is 0.251 e. The fourth-order valence-electron chi connectivity index (χ4n) is 4.66. The zero-order chi connectivity index (χ0) is 16.4. The van der Waals surface area contributed by atoms with Crippen molar-refractivity contribution in [3.8, 4) is 0 Å². The van der Waals surface area contributed by atoms with Crippen LogP contribution >= 0.6 is 0 Å². The van der Waals surface area contributed by atoms with Crippen molar-refractivity contribution in [3.05, 3.63) is 0 Å². The van der Waals surface area contributed by atoms with Gasteiger partial charge in [-0.1, -0.05) is 0 Å². The van der Waals surface area contributed by atoms with E-state index in [9.17, 15) is 4.79 Å². The van der Waals surface area contributed by atoms with E-state index < -0.39 is 0 Å². The number of carbonyl (C=O) groups is 1. The van der Waals surface area contributed by atoms with E-state index in [0.29, 0.717) is 25.2 Å². The molecule has 0 aromatic carbocycles. The second-order valence-corrected chi connectivity index (χ2v) is 7.80. The summed E-state index contributed by atoms with van der Waals surface area (Å²) in [5, 5.41) is 1.57. The van der Waals surface area contributed by atoms with Crippen LogP contribution in [-0.2, 0) is 19.1 Å². The molecule has 136 valence electrons. The Bertz CT molecular complexity index is 435. The average molecular weight is 338 g/mol. The number of rotatable bonds is 3. The van der Waals surface area contributed by atoms with E-state index in [-0.39, 0.29) is 11.8 Å². The Morgan fingerprint density at radius 2 is 1.96 bits per heavy atom. The first-order valence-corrected chi connectivity index (χ1v) is 9.65. The van der Waals surface area contributed by atoms with Crippen LogP contribution in [0.2, 0.25) is 0 Å². The maximum atomic E-state index is 12.6. The van der Waals surface area contributed by atoms with Gasteiger partial charge < -0.3 is 14.4 Å². The lowest BCUT2D eigenvalue weighted by Crippen LogP contribution is -2.51. The van der Waals surface area contributed by atoms with Crippen LogP contribution in [0.15, 0.2) is 0 Å². The van der Waals surface area contributed by atoms with Gasteiger partial charge in [0.1, 0.15) is 0 Å². The van der Waals surface area contributed by atoms with Crippen molar-refractivity contribution in [1.82, 2.24) is 9.96 Å². The van der Waals surface area contributed by atoms with E-state index in [0.717, 1.165) is 58.0 Å². The molecule has 6 heteroatoms. The molecule has 0 spiro atoms. The summed E-state index contributed by atoms with van der Waals surface area (Å²) in [6.07, 6.45) is 5.73. The molecule has 4 aliphatic rings. The standard InChI is InChI=1S/C18H30N2O4/c21-18(20-5-1-7-24-20)16-10-15-12-19(6-2-17(15)23-13-16)11-14-3-8-22-9-4-14/h14-17H,1-13H2/t15-,16-,17+/m1/s1. The monoisotopic (exact) mass is 338 g/mol. The van der Waals surface area contributed by atoms with Gasteiger partial charge in [0.05, 0.1) is 31.8 Å². The van der Waals surface area contributed by atoms with Crippen molar-refractivity contribution < 1.29 is 19.1 Å². The number of fused-ring (bicyclic) bond motifs is 1. The topological polar surface area (TPSA) is 51.2 Å². The number of ether oxygens (including phenoxy) is 2. The summed E-state index contributed by atoms with van der Waals surface area (Å²) < 4.78 is 11.5. The van der Waals surface area contributed by atoms with Crippen LogP contribution in [0.25, 0.3) is 0 Å². The van der Waals surface area contributed by atoms with E-state index in [2.05, 4.69) is 4.90 Å². The highest BCUT2D eigenvalue weighted by Crippen LogP contribution is 2.33. The first-order chi connectivity index (χ1) is 11.8. The second-order valence-electron chi connectivity index (χ2n) is 7.80. The molecule has 6 nitrogen and oxygen atoms in total. The molecule has 0 aromatic heterocycles. The molecule has 0 N–H and O–H groups in total. The highest BCUT2D eigenvalue weighted by Gasteiger charge is 2.40. The van der Waals surface area contributed by atoms with Crippen molar-refractivity contribution in [1.29, 1.82) is 0 Å². The van der Waals surface area contributed by atoms with Gasteiger partial charge >= 0.3 is 0 Å². The minimum absolute atomic E-state index is 0.0209. The predicted octanol–water partition coefficient (Wildman–Crippen LogP) is 1.30. The molecule has 4 rings (SSSR count). The molecule has 0 radical (unpaired) electrons. The molecule has 0 saturated carbocycles. The van der Waals surface area contributed by atoms with E-state index in [1.165, 1.54) is 19.4 Å². The highest BCUT2D eigenvalue weighted by atomic mass is 16.7. The number of likely N-dealkylation sites (tertiary alicyclic amines) is 1. The second kappa shape index (κ2) is 7.68. The Morgan fingerprint density at radius 3 is 2.75 bits per heavy atom. The molecule has 3 atom stereocenters. The first kappa shape index (κ1) is 16.8. The maximum absolute atomic E-state index is 12.6. The Hall–Kier alpha value is -0.690. The molecule has 0 unspecified atom stereocenters. The van der Waals surface area contributed by atoms with Gasteiger partial charge in [0, 0.05) is 32.8 Å². The van der Waals surface area contributed by atoms with E-state index in [4.69, 9.17) is 14.3 Å². The van der Waals surface area contributed by atoms with Crippen LogP contribution in [-0.4, -0.2) is 74.6 Å². The van der Waals surface area contributed by atoms with E-state index in [1.807, 2.05) is 0 Å². The summed E-state index contributed by atoms with van der Waals surface area (Å²) in [6.45, 7) is 7.20. The largest absolute Gasteiger partial charge is 0.381 e. The highest BCUT2D eigenvalue weighted by molar-refractivity contribution is 5.78. The van der Waals surface area contributed by atoms with Gasteiger partial charge in [-0.25, -0.2) is 5.06 Å². The molecule has 0 bridgehead atoms. The lowest BCUT2D eigenvalue weighted by Gasteiger charge is -2.44. The quantitative estimate of drug-likeness (QED) is 0.776. The number of carbonyl (C=O) groups excluding carboxylic acids is 1. The Morgan fingerprint density at radius 1 is 1.08 bits per heavy atom. The molecular weight excluding hydrogens is 308 g/mol. The van der Waals surface area contributed by atoms with Gasteiger partial charge in [-0.15, -0.1) is 0 Å². The number of amides is 1. The Balaban J connectivity index is 1.30. The number of hydrogen-bond donors (Lipinski definition) is 0. The molecule has 4 saturated heterocycles. The molecule has 1 amide bonds. The van der Waals surface area contributed by atoms with Crippen molar-refractivity contribution in [3.63, 3.8) is 0 Å². The summed E-state index contributed by atoms with van der Waals surface area (Å²) in [4.78, 5) is 20.6. The zero-order valence-electron chi connectivity index (χ0n) is 14.5. The smallest absolute Gasteiger partial charge is 0.251 e. The molecular formula is C18H30N2O4. The third-order valence-electron chi connectivity index (χ3n) is 6.05. The molecule has 0 aromatic rings. The Labute approximate surface area is 144 Å². The number of hydrogen-bond acceptors (Lipinski definition) is 5. The number of nitrogens with zero attached hydrogens (tertiary/aromatic N) is 2. The lowest BCUT2D eigenvalue weighted by molar-refractivity contribution is -0.183. The fraction of sp³-hybridized carbons (Fsp3) is 0.944. The molecule has 24 heavy (non-hydrogen) atoms. The number of hydroxylamine groups is 2. The normalized spacial score (nSPS) is 35.8. The van der Waals surface area contributed by atoms with Crippen molar-refractivity contribution in [2.24, 2.45) is 17.8 Å². The van der Waals surface area contributed by atoms with Gasteiger partial charge in [0.2, 0.25) is 0 Å². The fourth-order valence-corrected chi connectivity index (χ4v) is 4.66. The summed E-state index contributed by atoms with van der Waals surface area (Å²) in [6, 6.07) is 0. The van der Waals surface area contributed by atoms with Gasteiger partial charge in [-0.2, -0.15) is 0 Å². The minimum Gasteiger partial charge on any atom is -0.381 e. The van der Waals surface area contributed by atoms with Crippen LogP contribution in [0.4, 0.5) is 0 Å². The molecule has 4 heterocycles. The molecule has 0 aliphatic carbocycles. The third-order valence-corrected chi connectivity index (χ3v) is 6.05. The van der Waals surface area contributed by atoms with E-state index in [1.54, 1.807) is 5.06 Å². The minimum atomic E-state index is -0.0209. The summed E-state index contributed by atoms with van der Waals surface area (Å²) >= 11 is 0. The number of piperidine rings is 1. The SMILES string of the molecule is O=C([C@H]1CO[C@H]2CCN(CC3CCOCC3)C[C@H]2C1)N1CCCO1. The van der Waals surface area contributed by atoms with Gasteiger partial charge in [0.15, 0.2) is 0 Å². The van der Waals surface area contributed by atoms with Crippen molar-refractivity contribution in [2.75, 3.05) is 52.6 Å². The van der Waals surface area contributed by atoms with Crippen molar-refractivity contribution >= 4 is 5.91 Å². The van der Waals surface area contributed by atoms with E-state index >= 15 is 0 Å². The van der Waals surface area contributed by atoms with Gasteiger partial charge in [-0.3, -0.25) is 9.63 Å². The lowest BCUT2D eigenvalue weighted by atomic mass is 9.82. The van der Waals surface area contributed by atoms with Crippen LogP contribution in [0.3, 0.4) is 0 Å². The van der Waals surface area contributed by atoms with Crippen molar-refractivity contribution in [2.45, 2.75) is 38.2 Å². The molecule has 4 aliphatic heterocycles. The molecule has 4 fully saturated rings. The van der Waals surface area contributed by atoms with Crippen LogP contribution in [0.1, 0.15) is 32.1 Å². The third kappa shape index (κ3) is 3.77. The Kier molecular flexibility index (Phi) is 5.37. The average Bonchev–Trinajstić information content (AvgIpc) is 3.16. The van der Waals surface area contributed by atoms with Gasteiger partial charge in [0.25, 0.3) is 5.91 Å².